The molecular weight excluding hydrogens is 296 g/mol. The van der Waals surface area contributed by atoms with Gasteiger partial charge in [0.1, 0.15) is 5.82 Å². The van der Waals surface area contributed by atoms with Gasteiger partial charge in [-0.15, -0.1) is 0 Å². The molecule has 0 aliphatic carbocycles. The summed E-state index contributed by atoms with van der Waals surface area (Å²) in [6.45, 7) is 4.98. The van der Waals surface area contributed by atoms with Crippen molar-refractivity contribution >= 4 is 23.2 Å². The second-order valence-corrected chi connectivity index (χ2v) is 5.52. The zero-order chi connectivity index (χ0) is 14.7. The summed E-state index contributed by atoms with van der Waals surface area (Å²) in [5.41, 5.74) is 2.60. The summed E-state index contributed by atoms with van der Waals surface area (Å²) < 4.78 is 13.4. The van der Waals surface area contributed by atoms with E-state index in [0.29, 0.717) is 10.0 Å². The highest BCUT2D eigenvalue weighted by Crippen LogP contribution is 2.30. The van der Waals surface area contributed by atoms with Gasteiger partial charge >= 0.3 is 0 Å². The summed E-state index contributed by atoms with van der Waals surface area (Å²) in [7, 11) is 0. The summed E-state index contributed by atoms with van der Waals surface area (Å²) >= 11 is 12.2. The quantitative estimate of drug-likeness (QED) is 0.789. The average Bonchev–Trinajstić information content (AvgIpc) is 2.37. The van der Waals surface area contributed by atoms with Crippen molar-refractivity contribution in [3.05, 3.63) is 57.8 Å². The van der Waals surface area contributed by atoms with Crippen LogP contribution in [-0.4, -0.2) is 6.54 Å². The lowest BCUT2D eigenvalue weighted by atomic mass is 10.0. The number of hydrogen-bond acceptors (Lipinski definition) is 1. The van der Waals surface area contributed by atoms with Crippen LogP contribution < -0.4 is 5.32 Å². The maximum Gasteiger partial charge on any atom is 0.125 e. The molecule has 0 heterocycles. The van der Waals surface area contributed by atoms with Crippen LogP contribution in [0.1, 0.15) is 25.5 Å². The van der Waals surface area contributed by atoms with E-state index in [-0.39, 0.29) is 11.9 Å². The first-order valence-electron chi connectivity index (χ1n) is 6.50. The Morgan fingerprint density at radius 2 is 1.85 bits per heavy atom. The molecule has 0 radical (unpaired) electrons. The first-order valence-corrected chi connectivity index (χ1v) is 7.26. The lowest BCUT2D eigenvalue weighted by molar-refractivity contribution is 0.598. The van der Waals surface area contributed by atoms with Crippen molar-refractivity contribution in [3.63, 3.8) is 0 Å². The van der Waals surface area contributed by atoms with Gasteiger partial charge in [0.2, 0.25) is 0 Å². The zero-order valence-electron chi connectivity index (χ0n) is 11.4. The van der Waals surface area contributed by atoms with Crippen molar-refractivity contribution in [2.24, 2.45) is 0 Å². The van der Waals surface area contributed by atoms with E-state index in [2.05, 4.69) is 12.2 Å². The molecule has 1 atom stereocenters. The van der Waals surface area contributed by atoms with E-state index in [1.165, 1.54) is 12.1 Å². The molecule has 0 aromatic heterocycles. The predicted molar refractivity (Wildman–Crippen MR) is 83.9 cm³/mol. The second-order valence-electron chi connectivity index (χ2n) is 4.67. The van der Waals surface area contributed by atoms with Crippen molar-refractivity contribution < 1.29 is 4.39 Å². The highest BCUT2D eigenvalue weighted by molar-refractivity contribution is 6.32. The van der Waals surface area contributed by atoms with Gasteiger partial charge in [0.15, 0.2) is 0 Å². The predicted octanol–water partition coefficient (Wildman–Crippen LogP) is 5.47. The van der Waals surface area contributed by atoms with Gasteiger partial charge in [-0.05, 0) is 54.4 Å². The molecule has 0 spiro atoms. The molecule has 0 aliphatic rings. The normalized spacial score (nSPS) is 12.4. The van der Waals surface area contributed by atoms with Crippen LogP contribution in [0.5, 0.6) is 0 Å². The van der Waals surface area contributed by atoms with E-state index < -0.39 is 0 Å². The molecule has 0 aliphatic heterocycles. The van der Waals surface area contributed by atoms with Crippen LogP contribution in [0.15, 0.2) is 36.4 Å². The van der Waals surface area contributed by atoms with Gasteiger partial charge < -0.3 is 5.32 Å². The molecule has 0 saturated carbocycles. The third-order valence-electron chi connectivity index (χ3n) is 3.17. The van der Waals surface area contributed by atoms with Gasteiger partial charge in [-0.3, -0.25) is 0 Å². The smallest absolute Gasteiger partial charge is 0.125 e. The second kappa shape index (κ2) is 6.57. The van der Waals surface area contributed by atoms with Crippen LogP contribution in [-0.2, 0) is 0 Å². The van der Waals surface area contributed by atoms with E-state index in [0.717, 1.165) is 23.2 Å². The molecule has 106 valence electrons. The standard InChI is InChI=1S/C16H16Cl2FN/c1-3-20-10(2)15-5-4-11(8-16(15)18)12-6-13(17)9-14(19)7-12/h4-10,20H,3H2,1-2H3. The van der Waals surface area contributed by atoms with Crippen LogP contribution in [0.2, 0.25) is 10.0 Å². The molecule has 0 bridgehead atoms. The van der Waals surface area contributed by atoms with Crippen LogP contribution in [0.4, 0.5) is 4.39 Å². The molecule has 20 heavy (non-hydrogen) atoms. The molecule has 4 heteroatoms. The Kier molecular flexibility index (Phi) is 5.03. The Hall–Kier alpha value is -1.09. The Morgan fingerprint density at radius 1 is 1.10 bits per heavy atom. The maximum atomic E-state index is 13.4. The van der Waals surface area contributed by atoms with Crippen LogP contribution in [0.25, 0.3) is 11.1 Å². The van der Waals surface area contributed by atoms with Crippen molar-refractivity contribution in [3.8, 4) is 11.1 Å². The van der Waals surface area contributed by atoms with Gasteiger partial charge in [0.05, 0.1) is 0 Å². The topological polar surface area (TPSA) is 12.0 Å². The number of nitrogens with one attached hydrogen (secondary N) is 1. The van der Waals surface area contributed by atoms with E-state index in [4.69, 9.17) is 23.2 Å². The van der Waals surface area contributed by atoms with Crippen LogP contribution >= 0.6 is 23.2 Å². The number of hydrogen-bond donors (Lipinski definition) is 1. The molecule has 1 N–H and O–H groups in total. The largest absolute Gasteiger partial charge is 0.310 e. The molecule has 0 saturated heterocycles. The molecule has 2 aromatic carbocycles. The molecule has 0 amide bonds. The van der Waals surface area contributed by atoms with Gasteiger partial charge in [-0.1, -0.05) is 42.3 Å². The molecular formula is C16H16Cl2FN. The molecule has 2 rings (SSSR count). The van der Waals surface area contributed by atoms with E-state index >= 15 is 0 Å². The summed E-state index contributed by atoms with van der Waals surface area (Å²) in [4.78, 5) is 0. The minimum atomic E-state index is -0.353. The number of benzene rings is 2. The van der Waals surface area contributed by atoms with Crippen LogP contribution in [0.3, 0.4) is 0 Å². The Bertz CT molecular complexity index is 593. The van der Waals surface area contributed by atoms with Gasteiger partial charge in [-0.2, -0.15) is 0 Å². The summed E-state index contributed by atoms with van der Waals surface area (Å²) in [5, 5.41) is 4.35. The minimum Gasteiger partial charge on any atom is -0.310 e. The fourth-order valence-electron chi connectivity index (χ4n) is 2.19. The van der Waals surface area contributed by atoms with E-state index in [1.807, 2.05) is 25.1 Å². The third-order valence-corrected chi connectivity index (χ3v) is 3.72. The lowest BCUT2D eigenvalue weighted by Gasteiger charge is -2.15. The van der Waals surface area contributed by atoms with Crippen molar-refractivity contribution in [1.82, 2.24) is 5.32 Å². The average molecular weight is 312 g/mol. The van der Waals surface area contributed by atoms with Gasteiger partial charge in [-0.25, -0.2) is 4.39 Å². The highest BCUT2D eigenvalue weighted by Gasteiger charge is 2.10. The Balaban J connectivity index is 2.37. The monoisotopic (exact) mass is 311 g/mol. The van der Waals surface area contributed by atoms with E-state index in [9.17, 15) is 4.39 Å². The summed E-state index contributed by atoms with van der Waals surface area (Å²) in [6, 6.07) is 10.4. The van der Waals surface area contributed by atoms with Crippen molar-refractivity contribution in [2.45, 2.75) is 19.9 Å². The molecule has 0 fully saturated rings. The third kappa shape index (κ3) is 3.51. The lowest BCUT2D eigenvalue weighted by Crippen LogP contribution is -2.17. The minimum absolute atomic E-state index is 0.178. The van der Waals surface area contributed by atoms with Gasteiger partial charge in [0, 0.05) is 16.1 Å². The molecule has 1 unspecified atom stereocenters. The summed E-state index contributed by atoms with van der Waals surface area (Å²) in [6.07, 6.45) is 0. The van der Waals surface area contributed by atoms with Crippen molar-refractivity contribution in [1.29, 1.82) is 0 Å². The van der Waals surface area contributed by atoms with Crippen LogP contribution in [0, 0.1) is 5.82 Å². The molecule has 2 aromatic rings. The number of halogens is 3. The van der Waals surface area contributed by atoms with Crippen molar-refractivity contribution in [2.75, 3.05) is 6.54 Å². The summed E-state index contributed by atoms with van der Waals surface area (Å²) in [5.74, 6) is -0.353. The first kappa shape index (κ1) is 15.3. The Labute approximate surface area is 128 Å². The van der Waals surface area contributed by atoms with E-state index in [1.54, 1.807) is 6.07 Å². The fourth-order valence-corrected chi connectivity index (χ4v) is 2.76. The molecule has 1 nitrogen and oxygen atoms in total. The SMILES string of the molecule is CCNC(C)c1ccc(-c2cc(F)cc(Cl)c2)cc1Cl. The fraction of sp³-hybridized carbons (Fsp3) is 0.250. The first-order chi connectivity index (χ1) is 9.51. The zero-order valence-corrected chi connectivity index (χ0v) is 12.9. The maximum absolute atomic E-state index is 13.4. The van der Waals surface area contributed by atoms with Gasteiger partial charge in [0.25, 0.3) is 0 Å². The highest BCUT2D eigenvalue weighted by atomic mass is 35.5. The number of rotatable bonds is 4. The Morgan fingerprint density at radius 3 is 2.45 bits per heavy atom.